The van der Waals surface area contributed by atoms with Crippen LogP contribution in [0.5, 0.6) is 0 Å². The van der Waals surface area contributed by atoms with Crippen molar-refractivity contribution in [1.29, 1.82) is 0 Å². The largest absolute Gasteiger partial charge is 0.269 e. The molecule has 0 spiro atoms. The molecule has 5 heavy (non-hydrogen) atoms. The third-order valence-corrected chi connectivity index (χ3v) is 3.60. The van der Waals surface area contributed by atoms with Crippen molar-refractivity contribution in [3.05, 3.63) is 0 Å². The Morgan fingerprint density at radius 3 is 2.20 bits per heavy atom. The molecule has 0 N–H and O–H groups in total. The standard InChI is InChI=1S/C2H5BP2/c1-2-3-4-5-3/h2H2,1H3. The summed E-state index contributed by atoms with van der Waals surface area (Å²) in [5.41, 5.74) is 0. The lowest BCUT2D eigenvalue weighted by molar-refractivity contribution is 1.47. The van der Waals surface area contributed by atoms with Crippen LogP contribution < -0.4 is 0 Å². The zero-order valence-electron chi connectivity index (χ0n) is 3.18. The Hall–Kier alpha value is 0.665. The van der Waals surface area contributed by atoms with Gasteiger partial charge in [0.2, 0.25) is 0 Å². The van der Waals surface area contributed by atoms with E-state index in [1.807, 2.05) is 0 Å². The van der Waals surface area contributed by atoms with Gasteiger partial charge in [-0.1, -0.05) is 13.2 Å². The van der Waals surface area contributed by atoms with Gasteiger partial charge < -0.3 is 0 Å². The first-order chi connectivity index (χ1) is 2.43. The molecule has 0 radical (unpaired) electrons. The van der Waals surface area contributed by atoms with E-state index in [0.717, 1.165) is 6.15 Å². The van der Waals surface area contributed by atoms with Crippen molar-refractivity contribution in [2.45, 2.75) is 13.2 Å². The van der Waals surface area contributed by atoms with E-state index < -0.39 is 0 Å². The zero-order valence-corrected chi connectivity index (χ0v) is 4.97. The second-order valence-electron chi connectivity index (χ2n) is 1.12. The molecule has 0 unspecified atom stereocenters. The molecule has 1 heterocycles. The molecule has 0 aromatic carbocycles. The monoisotopic (exact) mass is 102 g/mol. The fraction of sp³-hybridized carbons (Fsp3) is 1.00. The van der Waals surface area contributed by atoms with Gasteiger partial charge >= 0.3 is 0 Å². The van der Waals surface area contributed by atoms with Crippen LogP contribution in [0.3, 0.4) is 0 Å². The van der Waals surface area contributed by atoms with Crippen LogP contribution in [-0.4, -0.2) is 6.15 Å². The third kappa shape index (κ3) is 1.03. The molecule has 0 fully saturated rings. The minimum absolute atomic E-state index is 1.08. The van der Waals surface area contributed by atoms with Crippen LogP contribution in [0.15, 0.2) is 0 Å². The highest BCUT2D eigenvalue weighted by Gasteiger charge is 2.14. The second-order valence-corrected chi connectivity index (χ2v) is 4.62. The first-order valence-electron chi connectivity index (χ1n) is 1.83. The van der Waals surface area contributed by atoms with Crippen molar-refractivity contribution in [3.8, 4) is 0 Å². The first kappa shape index (κ1) is 3.84. The number of hydrogen-bond donors (Lipinski definition) is 0. The summed E-state index contributed by atoms with van der Waals surface area (Å²) >= 11 is 0. The molecule has 0 aliphatic carbocycles. The summed E-state index contributed by atoms with van der Waals surface area (Å²) in [6, 6.07) is 0. The molecule has 0 saturated carbocycles. The van der Waals surface area contributed by atoms with E-state index in [0.29, 0.717) is 0 Å². The van der Waals surface area contributed by atoms with Gasteiger partial charge in [0.25, 0.3) is 6.15 Å². The molecule has 1 rings (SSSR count). The quantitative estimate of drug-likeness (QED) is 0.352. The van der Waals surface area contributed by atoms with Gasteiger partial charge in [-0.15, -0.1) is 15.5 Å². The maximum absolute atomic E-state index is 2.25. The van der Waals surface area contributed by atoms with Crippen molar-refractivity contribution in [2.75, 3.05) is 0 Å². The van der Waals surface area contributed by atoms with Crippen LogP contribution in [0, 0.1) is 0 Å². The summed E-state index contributed by atoms with van der Waals surface area (Å²) in [7, 11) is 3.34. The van der Waals surface area contributed by atoms with Crippen molar-refractivity contribution in [1.82, 2.24) is 0 Å². The van der Waals surface area contributed by atoms with E-state index in [1.54, 1.807) is 15.5 Å². The van der Waals surface area contributed by atoms with Crippen LogP contribution in [0.4, 0.5) is 0 Å². The lowest BCUT2D eigenvalue weighted by atomic mass is 10.0. The van der Waals surface area contributed by atoms with Crippen LogP contribution in [0.2, 0.25) is 6.32 Å². The predicted molar refractivity (Wildman–Crippen MR) is 30.1 cm³/mol. The van der Waals surface area contributed by atoms with Gasteiger partial charge in [-0.25, -0.2) is 0 Å². The third-order valence-electron chi connectivity index (χ3n) is 0.644. The van der Waals surface area contributed by atoms with E-state index in [4.69, 9.17) is 0 Å². The van der Waals surface area contributed by atoms with Gasteiger partial charge in [-0.3, -0.25) is 0 Å². The zero-order chi connectivity index (χ0) is 3.70. The Balaban J connectivity index is 2.06. The van der Waals surface area contributed by atoms with Crippen molar-refractivity contribution in [3.63, 3.8) is 0 Å². The fourth-order valence-corrected chi connectivity index (χ4v) is 1.89. The molecule has 0 saturated heterocycles. The van der Waals surface area contributed by atoms with Crippen LogP contribution >= 0.6 is 15.5 Å². The lowest BCUT2D eigenvalue weighted by Crippen LogP contribution is -1.71. The van der Waals surface area contributed by atoms with Crippen molar-refractivity contribution < 1.29 is 0 Å². The average molecular weight is 102 g/mol. The molecule has 3 heteroatoms. The lowest BCUT2D eigenvalue weighted by Gasteiger charge is -1.66. The maximum atomic E-state index is 2.25. The van der Waals surface area contributed by atoms with E-state index in [9.17, 15) is 0 Å². The van der Waals surface area contributed by atoms with Crippen LogP contribution in [0.25, 0.3) is 0 Å². The minimum Gasteiger partial charge on any atom is -0.122 e. The van der Waals surface area contributed by atoms with Crippen molar-refractivity contribution >= 4 is 21.6 Å². The van der Waals surface area contributed by atoms with E-state index in [-0.39, 0.29) is 0 Å². The summed E-state index contributed by atoms with van der Waals surface area (Å²) in [5, 5.41) is 0. The molecule has 1 aliphatic heterocycles. The molecule has 0 amide bonds. The van der Waals surface area contributed by atoms with Gasteiger partial charge in [-0.05, 0) is 0 Å². The van der Waals surface area contributed by atoms with E-state index in [2.05, 4.69) is 6.92 Å². The number of hydrogen-bond acceptors (Lipinski definition) is 0. The molecule has 0 nitrogen and oxygen atoms in total. The molecule has 0 bridgehead atoms. The van der Waals surface area contributed by atoms with E-state index >= 15 is 0 Å². The summed E-state index contributed by atoms with van der Waals surface area (Å²) in [6.07, 6.45) is 2.47. The van der Waals surface area contributed by atoms with Gasteiger partial charge in [0.1, 0.15) is 0 Å². The second kappa shape index (κ2) is 1.41. The molecule has 26 valence electrons. The molecular formula is C2H5BP2. The van der Waals surface area contributed by atoms with Gasteiger partial charge in [0.05, 0.1) is 0 Å². The highest BCUT2D eigenvalue weighted by Crippen LogP contribution is 2.45. The normalized spacial score (nSPS) is 23.0. The SMILES string of the molecule is CCB1P=P1. The van der Waals surface area contributed by atoms with Gasteiger partial charge in [-0.2, -0.15) is 0 Å². The van der Waals surface area contributed by atoms with Crippen LogP contribution in [-0.2, 0) is 0 Å². The summed E-state index contributed by atoms with van der Waals surface area (Å²) in [5.74, 6) is 0. The molecule has 0 atom stereocenters. The Morgan fingerprint density at radius 1 is 1.60 bits per heavy atom. The number of rotatable bonds is 1. The summed E-state index contributed by atoms with van der Waals surface area (Å²) in [6.45, 7) is 2.25. The molecule has 1 aliphatic rings. The fourth-order valence-electron chi connectivity index (χ4n) is 0.210. The highest BCUT2D eigenvalue weighted by atomic mass is 31.8. The van der Waals surface area contributed by atoms with Gasteiger partial charge in [0, 0.05) is 0 Å². The Labute approximate surface area is 35.8 Å². The highest BCUT2D eigenvalue weighted by molar-refractivity contribution is 8.43. The minimum atomic E-state index is 1.08. The van der Waals surface area contributed by atoms with Gasteiger partial charge in [0.15, 0.2) is 0 Å². The Kier molecular flexibility index (Phi) is 1.08. The summed E-state index contributed by atoms with van der Waals surface area (Å²) in [4.78, 5) is 0. The molecular weight excluding hydrogens is 96.8 g/mol. The Bertz CT molecular complexity index is 54.7. The summed E-state index contributed by atoms with van der Waals surface area (Å²) < 4.78 is 0. The molecule has 0 aromatic heterocycles. The predicted octanol–water partition coefficient (Wildman–Crippen LogP) is 2.32. The maximum Gasteiger partial charge on any atom is 0.269 e. The molecule has 0 aromatic rings. The van der Waals surface area contributed by atoms with Crippen LogP contribution in [0.1, 0.15) is 6.92 Å². The van der Waals surface area contributed by atoms with Crippen molar-refractivity contribution in [2.24, 2.45) is 0 Å². The first-order valence-corrected chi connectivity index (χ1v) is 4.46. The van der Waals surface area contributed by atoms with E-state index in [1.165, 1.54) is 6.32 Å². The smallest absolute Gasteiger partial charge is 0.122 e. The average Bonchev–Trinajstić information content (AvgIpc) is 2.12. The Morgan fingerprint density at radius 2 is 2.20 bits per heavy atom. The topological polar surface area (TPSA) is 0 Å².